The first-order valence-electron chi connectivity index (χ1n) is 26.1. The van der Waals surface area contributed by atoms with Crippen molar-refractivity contribution in [3.8, 4) is 0 Å². The van der Waals surface area contributed by atoms with E-state index in [9.17, 15) is 50.3 Å². The summed E-state index contributed by atoms with van der Waals surface area (Å²) in [7, 11) is 0. The van der Waals surface area contributed by atoms with Gasteiger partial charge in [0.1, 0.15) is 11.8 Å². The highest BCUT2D eigenvalue weighted by molar-refractivity contribution is 5.81. The van der Waals surface area contributed by atoms with Crippen molar-refractivity contribution in [2.24, 2.45) is 11.5 Å². The van der Waals surface area contributed by atoms with E-state index in [1.54, 1.807) is 6.20 Å². The number of halogens is 6. The summed E-state index contributed by atoms with van der Waals surface area (Å²) < 4.78 is 84.3. The highest BCUT2D eigenvalue weighted by atomic mass is 19.4. The number of hydrogen-bond acceptors (Lipinski definition) is 14. The van der Waals surface area contributed by atoms with Crippen molar-refractivity contribution in [3.63, 3.8) is 0 Å². The average Bonchev–Trinajstić information content (AvgIpc) is 3.94. The van der Waals surface area contributed by atoms with Crippen LogP contribution in [0.5, 0.6) is 0 Å². The van der Waals surface area contributed by atoms with Crippen LogP contribution in [0.2, 0.25) is 0 Å². The lowest BCUT2D eigenvalue weighted by Gasteiger charge is -2.25. The number of aliphatic carboxylic acids is 2. The number of nitrogens with two attached hydrogens (primary N) is 2. The number of aromatic nitrogens is 5. The molecule has 76 heavy (non-hydrogen) atoms. The molecular weight excluding hydrogens is 1020 g/mol. The van der Waals surface area contributed by atoms with Gasteiger partial charge in [0.05, 0.1) is 25.3 Å². The van der Waals surface area contributed by atoms with Gasteiger partial charge in [0.15, 0.2) is 18.4 Å². The number of ether oxygens (including phenoxy) is 3. The zero-order valence-corrected chi connectivity index (χ0v) is 43.6. The highest BCUT2D eigenvalue weighted by Crippen LogP contribution is 2.34. The highest BCUT2D eigenvalue weighted by Gasteiger charge is 2.51. The van der Waals surface area contributed by atoms with E-state index in [-0.39, 0.29) is 19.0 Å². The van der Waals surface area contributed by atoms with E-state index in [1.165, 1.54) is 87.9 Å². The molecule has 0 radical (unpaired) electrons. The molecule has 0 saturated carbocycles. The Hall–Kier alpha value is -5.77. The van der Waals surface area contributed by atoms with Gasteiger partial charge in [-0.2, -0.15) is 26.3 Å². The summed E-state index contributed by atoms with van der Waals surface area (Å²) in [4.78, 5) is 84.4. The molecule has 3 rings (SSSR count). The van der Waals surface area contributed by atoms with Crippen LogP contribution in [0.4, 0.5) is 35.9 Å². The molecule has 1 fully saturated rings. The van der Waals surface area contributed by atoms with E-state index in [0.717, 1.165) is 74.8 Å². The molecule has 0 bridgehead atoms. The van der Waals surface area contributed by atoms with Gasteiger partial charge < -0.3 is 51.8 Å². The number of alkyl carbamates (subject to hydrolysis) is 2. The van der Waals surface area contributed by atoms with Crippen LogP contribution in [0.25, 0.3) is 0 Å². The maximum atomic E-state index is 13.4. The molecule has 1 aliphatic heterocycles. The molecule has 0 aromatic carbocycles. The Labute approximate surface area is 438 Å². The minimum Gasteiger partial charge on any atom is -0.475 e. The van der Waals surface area contributed by atoms with E-state index in [4.69, 9.17) is 45.5 Å². The lowest BCUT2D eigenvalue weighted by molar-refractivity contribution is -0.193. The summed E-state index contributed by atoms with van der Waals surface area (Å²) in [6.07, 6.45) is 11.4. The molecular formula is C48H80F6N10O12. The molecule has 22 nitrogen and oxygen atoms in total. The van der Waals surface area contributed by atoms with E-state index < -0.39 is 78.3 Å². The van der Waals surface area contributed by atoms with Crippen LogP contribution in [-0.2, 0) is 41.7 Å². The summed E-state index contributed by atoms with van der Waals surface area (Å²) in [6.45, 7) is 5.75. The van der Waals surface area contributed by atoms with Crippen LogP contribution >= 0.6 is 0 Å². The van der Waals surface area contributed by atoms with Crippen molar-refractivity contribution < 1.29 is 74.7 Å². The average molecular weight is 1100 g/mol. The predicted molar refractivity (Wildman–Crippen MR) is 266 cm³/mol. The molecule has 0 aliphatic carbocycles. The molecule has 1 saturated heterocycles. The maximum Gasteiger partial charge on any atom is 0.490 e. The van der Waals surface area contributed by atoms with Gasteiger partial charge in [-0.3, -0.25) is 19.1 Å². The number of carboxylic acids is 2. The number of hydrogen-bond donors (Lipinski definition) is 8. The zero-order valence-electron chi connectivity index (χ0n) is 43.6. The Morgan fingerprint density at radius 3 is 1.59 bits per heavy atom. The van der Waals surface area contributed by atoms with Gasteiger partial charge in [-0.1, -0.05) is 141 Å². The van der Waals surface area contributed by atoms with Crippen LogP contribution in [-0.4, -0.2) is 121 Å². The van der Waals surface area contributed by atoms with Crippen molar-refractivity contribution in [1.29, 1.82) is 0 Å². The molecule has 1 aliphatic rings. The van der Waals surface area contributed by atoms with Gasteiger partial charge in [0.25, 0.3) is 5.56 Å². The Bertz CT molecular complexity index is 2050. The Kier molecular flexibility index (Phi) is 34.8. The largest absolute Gasteiger partial charge is 0.490 e. The normalized spacial score (nSPS) is 16.6. The number of carbonyl (C=O) groups excluding carboxylic acids is 3. The van der Waals surface area contributed by atoms with Crippen LogP contribution in [0.1, 0.15) is 173 Å². The van der Waals surface area contributed by atoms with Gasteiger partial charge in [-0.25, -0.2) is 28.7 Å². The third-order valence-electron chi connectivity index (χ3n) is 11.7. The topological polar surface area (TPSA) is 327 Å². The lowest BCUT2D eigenvalue weighted by atomic mass is 10.1. The molecule has 28 heteroatoms. The fourth-order valence-electron chi connectivity index (χ4n) is 7.55. The third-order valence-corrected chi connectivity index (χ3v) is 11.7. The second-order valence-corrected chi connectivity index (χ2v) is 18.2. The molecule has 436 valence electrons. The maximum absolute atomic E-state index is 13.4. The number of unbranched alkanes of at least 4 members (excludes halogenated alkanes) is 19. The van der Waals surface area contributed by atoms with Crippen molar-refractivity contribution in [1.82, 2.24) is 40.5 Å². The first-order chi connectivity index (χ1) is 36.0. The lowest BCUT2D eigenvalue weighted by Crippen LogP contribution is -2.45. The van der Waals surface area contributed by atoms with E-state index in [0.29, 0.717) is 31.7 Å². The molecule has 3 heterocycles. The fraction of sp³-hybridized carbons (Fsp3) is 0.771. The first-order valence-corrected chi connectivity index (χ1v) is 26.1. The number of alkyl halides is 6. The monoisotopic (exact) mass is 1100 g/mol. The summed E-state index contributed by atoms with van der Waals surface area (Å²) >= 11 is 0. The Balaban J connectivity index is 0.00000180. The number of H-pyrrole nitrogens is 1. The molecule has 2 aromatic heterocycles. The van der Waals surface area contributed by atoms with E-state index in [2.05, 4.69) is 45.1 Å². The van der Waals surface area contributed by atoms with Crippen molar-refractivity contribution in [3.05, 3.63) is 45.0 Å². The summed E-state index contributed by atoms with van der Waals surface area (Å²) in [5, 5.41) is 31.0. The van der Waals surface area contributed by atoms with E-state index in [1.807, 2.05) is 0 Å². The number of nitrogens with zero attached hydrogens (tertiary/aromatic N) is 4. The number of amides is 3. The van der Waals surface area contributed by atoms with Crippen LogP contribution in [0.15, 0.2) is 28.0 Å². The number of rotatable bonds is 34. The smallest absolute Gasteiger partial charge is 0.475 e. The van der Waals surface area contributed by atoms with Gasteiger partial charge >= 0.3 is 42.2 Å². The quantitative estimate of drug-likeness (QED) is 0.0256. The Morgan fingerprint density at radius 1 is 0.711 bits per heavy atom. The number of aromatic amines is 1. The van der Waals surface area contributed by atoms with Crippen molar-refractivity contribution >= 4 is 30.0 Å². The standard InChI is InChI=1S/C44H78N10O8.2C2HF3O2/c1-3-5-7-9-11-13-15-17-19-23-28-47-43(58)61-38-36(33-53-32-34(51-52-53)31-49-40(56)35(46)25-21-22-27-45)60-41(54-30-26-37(55)50-42(54)57)39(38)62-44(59)48-29-24-20-18-16-14-12-10-8-6-4-2;2*3-2(4,5)1(6)7/h26,30,32,35-36,38-39,41H,3-25,27-29,31,33,45-46H2,1-2H3,(H,47,58)(H,48,59)(H,49,56)(H,50,55,57);2*(H,6,7)/t35-,36+,38+,39+,41+;;/m0../s1. The van der Waals surface area contributed by atoms with Crippen LogP contribution in [0.3, 0.4) is 0 Å². The van der Waals surface area contributed by atoms with Crippen LogP contribution < -0.4 is 38.7 Å². The first kappa shape index (κ1) is 68.2. The summed E-state index contributed by atoms with van der Waals surface area (Å²) in [6, 6.07) is 0.465. The number of carbonyl (C=O) groups is 5. The van der Waals surface area contributed by atoms with E-state index >= 15 is 0 Å². The molecule has 0 spiro atoms. The molecule has 5 atom stereocenters. The van der Waals surface area contributed by atoms with Gasteiger partial charge in [-0.15, -0.1) is 5.10 Å². The Morgan fingerprint density at radius 2 is 1.16 bits per heavy atom. The molecule has 10 N–H and O–H groups in total. The number of nitrogens with one attached hydrogen (secondary N) is 4. The zero-order chi connectivity index (χ0) is 56.9. The third kappa shape index (κ3) is 30.7. The van der Waals surface area contributed by atoms with Gasteiger partial charge in [-0.05, 0) is 32.2 Å². The predicted octanol–water partition coefficient (Wildman–Crippen LogP) is 7.10. The van der Waals surface area contributed by atoms with Gasteiger partial charge in [0, 0.05) is 25.4 Å². The minimum absolute atomic E-state index is 0.0371. The molecule has 0 unspecified atom stereocenters. The van der Waals surface area contributed by atoms with Crippen LogP contribution in [0, 0.1) is 0 Å². The minimum atomic E-state index is -5.08. The van der Waals surface area contributed by atoms with Crippen molar-refractivity contribution in [2.75, 3.05) is 19.6 Å². The molecule has 3 amide bonds. The molecule has 2 aromatic rings. The second kappa shape index (κ2) is 38.7. The number of carboxylic acid groups (broad SMARTS) is 2. The van der Waals surface area contributed by atoms with Gasteiger partial charge in [0.2, 0.25) is 5.91 Å². The fourth-order valence-corrected chi connectivity index (χ4v) is 7.55. The SMILES string of the molecule is CCCCCCCCCCCCNC(=O)O[C@@H]1[C@H](OC(=O)NCCCCCCCCCCCC)[C@@H](Cn2cc(CNC(=O)[C@@H](N)CCCCN)nn2)O[C@H]1n1ccc(=O)[nH]c1=O.O=C(O)C(F)(F)F.O=C(O)C(F)(F)F. The summed E-state index contributed by atoms with van der Waals surface area (Å²) in [5.74, 6) is -5.84. The summed E-state index contributed by atoms with van der Waals surface area (Å²) in [5.41, 5.74) is 10.6. The second-order valence-electron chi connectivity index (χ2n) is 18.2. The van der Waals surface area contributed by atoms with Crippen molar-refractivity contribution in [2.45, 2.75) is 218 Å².